The summed E-state index contributed by atoms with van der Waals surface area (Å²) in [5.74, 6) is -0.417. The molecular formula is C6H9NO3S. The summed E-state index contributed by atoms with van der Waals surface area (Å²) >= 11 is 4.26. The van der Waals surface area contributed by atoms with Gasteiger partial charge >= 0.3 is 5.97 Å². The lowest BCUT2D eigenvalue weighted by atomic mass is 10.6. The second kappa shape index (κ2) is 7.34. The van der Waals surface area contributed by atoms with Gasteiger partial charge in [-0.05, 0) is 12.2 Å². The molecule has 0 spiro atoms. The van der Waals surface area contributed by atoms with Crippen LogP contribution in [0.25, 0.3) is 0 Å². The number of esters is 1. The fourth-order valence-corrected chi connectivity index (χ4v) is 0.446. The molecule has 0 aliphatic carbocycles. The highest BCUT2D eigenvalue weighted by molar-refractivity contribution is 7.78. The van der Waals surface area contributed by atoms with Gasteiger partial charge in [0.1, 0.15) is 13.2 Å². The van der Waals surface area contributed by atoms with Gasteiger partial charge in [-0.15, -0.1) is 0 Å². The first-order chi connectivity index (χ1) is 5.31. The van der Waals surface area contributed by atoms with Crippen molar-refractivity contribution >= 4 is 23.3 Å². The third kappa shape index (κ3) is 7.12. The van der Waals surface area contributed by atoms with Gasteiger partial charge < -0.3 is 9.47 Å². The Labute approximate surface area is 70.2 Å². The molecule has 62 valence electrons. The number of carbonyl (C=O) groups is 1. The predicted octanol–water partition coefficient (Wildman–Crippen LogP) is 0.279. The van der Waals surface area contributed by atoms with Crippen LogP contribution in [0.4, 0.5) is 0 Å². The van der Waals surface area contributed by atoms with Crippen LogP contribution in [0.1, 0.15) is 0 Å². The van der Waals surface area contributed by atoms with Crippen molar-refractivity contribution in [3.8, 4) is 0 Å². The maximum Gasteiger partial charge on any atom is 0.328 e. The van der Waals surface area contributed by atoms with Gasteiger partial charge in [-0.2, -0.15) is 0 Å². The summed E-state index contributed by atoms with van der Waals surface area (Å²) in [5, 5.41) is 2.07. The van der Waals surface area contributed by atoms with Crippen LogP contribution in [0.2, 0.25) is 0 Å². The highest BCUT2D eigenvalue weighted by atomic mass is 32.1. The number of methoxy groups -OCH3 is 1. The summed E-state index contributed by atoms with van der Waals surface area (Å²) in [4.78, 5) is 14.0. The third-order valence-corrected chi connectivity index (χ3v) is 0.952. The lowest BCUT2D eigenvalue weighted by molar-refractivity contribution is -0.143. The molecule has 0 aliphatic heterocycles. The summed E-state index contributed by atoms with van der Waals surface area (Å²) in [5.41, 5.74) is 0. The fourth-order valence-electron chi connectivity index (χ4n) is 0.381. The summed E-state index contributed by atoms with van der Waals surface area (Å²) in [6.07, 6.45) is 0. The Balaban J connectivity index is 3.29. The maximum atomic E-state index is 10.6. The molecule has 0 saturated carbocycles. The van der Waals surface area contributed by atoms with Crippen LogP contribution in [0.15, 0.2) is 4.99 Å². The first-order valence-corrected chi connectivity index (χ1v) is 3.40. The van der Waals surface area contributed by atoms with Gasteiger partial charge in [0.2, 0.25) is 0 Å². The van der Waals surface area contributed by atoms with Crippen LogP contribution in [0.5, 0.6) is 0 Å². The van der Waals surface area contributed by atoms with Gasteiger partial charge in [0, 0.05) is 7.11 Å². The zero-order chi connectivity index (χ0) is 8.53. The Morgan fingerprint density at radius 3 is 2.91 bits per heavy atom. The van der Waals surface area contributed by atoms with E-state index in [1.54, 1.807) is 0 Å². The number of carbonyl (C=O) groups excluding carboxylic acids is 1. The van der Waals surface area contributed by atoms with Gasteiger partial charge in [-0.1, -0.05) is 0 Å². The molecule has 11 heavy (non-hydrogen) atoms. The molecule has 0 N–H and O–H groups in total. The van der Waals surface area contributed by atoms with Gasteiger partial charge in [0.25, 0.3) is 0 Å². The number of aliphatic imine (C=N–C) groups is 1. The van der Waals surface area contributed by atoms with Crippen LogP contribution in [-0.4, -0.2) is 38.0 Å². The number of isothiocyanates is 1. The van der Waals surface area contributed by atoms with Crippen LogP contribution < -0.4 is 0 Å². The molecule has 0 aromatic carbocycles. The van der Waals surface area contributed by atoms with E-state index in [2.05, 4.69) is 31.8 Å². The molecule has 0 aromatic rings. The maximum absolute atomic E-state index is 10.6. The number of hydrogen-bond donors (Lipinski definition) is 0. The molecule has 0 saturated heterocycles. The number of rotatable bonds is 5. The topological polar surface area (TPSA) is 47.9 Å². The SMILES string of the molecule is COCCOC(=O)CN=C=S. The highest BCUT2D eigenvalue weighted by Crippen LogP contribution is 1.79. The summed E-state index contributed by atoms with van der Waals surface area (Å²) in [6.45, 7) is 0.586. The van der Waals surface area contributed by atoms with E-state index in [4.69, 9.17) is 0 Å². The minimum absolute atomic E-state index is 0.0623. The minimum atomic E-state index is -0.417. The van der Waals surface area contributed by atoms with E-state index in [1.807, 2.05) is 0 Å². The number of hydrogen-bond acceptors (Lipinski definition) is 5. The molecule has 0 bridgehead atoms. The Hall–Kier alpha value is -0.770. The third-order valence-electron chi connectivity index (χ3n) is 0.823. The van der Waals surface area contributed by atoms with E-state index in [9.17, 15) is 4.79 Å². The quantitative estimate of drug-likeness (QED) is 0.260. The highest BCUT2D eigenvalue weighted by Gasteiger charge is 1.98. The average Bonchev–Trinajstić information content (AvgIpc) is 2.01. The van der Waals surface area contributed by atoms with Gasteiger partial charge in [0.15, 0.2) is 0 Å². The largest absolute Gasteiger partial charge is 0.462 e. The van der Waals surface area contributed by atoms with Crippen LogP contribution in [-0.2, 0) is 14.3 Å². The van der Waals surface area contributed by atoms with Gasteiger partial charge in [0.05, 0.1) is 11.8 Å². The van der Waals surface area contributed by atoms with Crippen molar-refractivity contribution in [1.29, 1.82) is 0 Å². The van der Waals surface area contributed by atoms with Crippen LogP contribution in [0, 0.1) is 0 Å². The zero-order valence-electron chi connectivity index (χ0n) is 6.20. The van der Waals surface area contributed by atoms with Crippen molar-refractivity contribution < 1.29 is 14.3 Å². The van der Waals surface area contributed by atoms with E-state index in [0.29, 0.717) is 6.61 Å². The summed E-state index contributed by atoms with van der Waals surface area (Å²) in [7, 11) is 1.53. The molecule has 0 aliphatic rings. The lowest BCUT2D eigenvalue weighted by Crippen LogP contribution is -2.11. The molecule has 0 radical (unpaired) electrons. The van der Waals surface area contributed by atoms with Gasteiger partial charge in [-0.3, -0.25) is 4.79 Å². The average molecular weight is 175 g/mol. The van der Waals surface area contributed by atoms with E-state index in [1.165, 1.54) is 7.11 Å². The molecule has 4 nitrogen and oxygen atoms in total. The summed E-state index contributed by atoms with van der Waals surface area (Å²) < 4.78 is 9.29. The molecule has 0 rings (SSSR count). The zero-order valence-corrected chi connectivity index (χ0v) is 7.02. The smallest absolute Gasteiger partial charge is 0.328 e. The van der Waals surface area contributed by atoms with E-state index in [0.717, 1.165) is 0 Å². The first kappa shape index (κ1) is 10.2. The molecule has 5 heteroatoms. The number of ether oxygens (including phenoxy) is 2. The van der Waals surface area contributed by atoms with E-state index < -0.39 is 5.97 Å². The lowest BCUT2D eigenvalue weighted by Gasteiger charge is -1.99. The van der Waals surface area contributed by atoms with Gasteiger partial charge in [-0.25, -0.2) is 4.99 Å². The van der Waals surface area contributed by atoms with Crippen molar-refractivity contribution in [2.45, 2.75) is 0 Å². The second-order valence-corrected chi connectivity index (χ2v) is 1.80. The fraction of sp³-hybridized carbons (Fsp3) is 0.667. The van der Waals surface area contributed by atoms with Crippen molar-refractivity contribution in [2.75, 3.05) is 26.9 Å². The molecule has 0 aromatic heterocycles. The van der Waals surface area contributed by atoms with Crippen molar-refractivity contribution in [3.63, 3.8) is 0 Å². The molecule has 0 amide bonds. The monoisotopic (exact) mass is 175 g/mol. The first-order valence-electron chi connectivity index (χ1n) is 2.99. The van der Waals surface area contributed by atoms with Crippen molar-refractivity contribution in [1.82, 2.24) is 0 Å². The van der Waals surface area contributed by atoms with E-state index in [-0.39, 0.29) is 13.2 Å². The molecule has 0 atom stereocenters. The second-order valence-electron chi connectivity index (χ2n) is 1.62. The molecule has 0 unspecified atom stereocenters. The van der Waals surface area contributed by atoms with E-state index >= 15 is 0 Å². The number of thiocarbonyl (C=S) groups is 1. The Morgan fingerprint density at radius 1 is 1.64 bits per heavy atom. The van der Waals surface area contributed by atoms with Crippen molar-refractivity contribution in [3.05, 3.63) is 0 Å². The van der Waals surface area contributed by atoms with Crippen LogP contribution in [0.3, 0.4) is 0 Å². The molecular weight excluding hydrogens is 166 g/mol. The minimum Gasteiger partial charge on any atom is -0.462 e. The van der Waals surface area contributed by atoms with Crippen molar-refractivity contribution in [2.24, 2.45) is 4.99 Å². The Kier molecular flexibility index (Phi) is 6.82. The number of nitrogens with zero attached hydrogens (tertiary/aromatic N) is 1. The molecule has 0 heterocycles. The summed E-state index contributed by atoms with van der Waals surface area (Å²) in [6, 6.07) is 0. The van der Waals surface area contributed by atoms with Crippen LogP contribution >= 0.6 is 12.2 Å². The molecule has 0 fully saturated rings. The standard InChI is InChI=1S/C6H9NO3S/c1-9-2-3-10-6(8)4-7-5-11/h2-4H2,1H3. The Bertz CT molecular complexity index is 165. The normalized spacial score (nSPS) is 8.45. The Morgan fingerprint density at radius 2 is 2.36 bits per heavy atom. The predicted molar refractivity (Wildman–Crippen MR) is 42.7 cm³/mol.